The van der Waals surface area contributed by atoms with E-state index in [1.165, 1.54) is 0 Å². The molecule has 3 aromatic rings. The minimum Gasteiger partial charge on any atom is -0.493 e. The molecule has 3 rings (SSSR count). The molecule has 0 saturated carbocycles. The SMILES string of the molecule is COc1cc(C)ccc1Oc1nc2ccccn2c1C=O. The van der Waals surface area contributed by atoms with E-state index in [1.807, 2.05) is 37.3 Å². The summed E-state index contributed by atoms with van der Waals surface area (Å²) in [6, 6.07) is 11.1. The van der Waals surface area contributed by atoms with Gasteiger partial charge in [0, 0.05) is 6.20 Å². The molecule has 5 heteroatoms. The van der Waals surface area contributed by atoms with Crippen molar-refractivity contribution in [1.29, 1.82) is 0 Å². The van der Waals surface area contributed by atoms with Crippen molar-refractivity contribution < 1.29 is 14.3 Å². The van der Waals surface area contributed by atoms with Gasteiger partial charge in [0.1, 0.15) is 5.65 Å². The number of carbonyl (C=O) groups is 1. The number of methoxy groups -OCH3 is 1. The number of hydrogen-bond donors (Lipinski definition) is 0. The molecule has 0 bridgehead atoms. The average Bonchev–Trinajstić information content (AvgIpc) is 2.86. The highest BCUT2D eigenvalue weighted by atomic mass is 16.5. The van der Waals surface area contributed by atoms with Crippen LogP contribution in [0.15, 0.2) is 42.6 Å². The summed E-state index contributed by atoms with van der Waals surface area (Å²) in [4.78, 5) is 15.7. The van der Waals surface area contributed by atoms with Crippen LogP contribution >= 0.6 is 0 Å². The van der Waals surface area contributed by atoms with E-state index < -0.39 is 0 Å². The van der Waals surface area contributed by atoms with Gasteiger partial charge in [0.05, 0.1) is 7.11 Å². The Hall–Kier alpha value is -2.82. The van der Waals surface area contributed by atoms with Crippen LogP contribution in [0.25, 0.3) is 5.65 Å². The van der Waals surface area contributed by atoms with Crippen molar-refractivity contribution in [1.82, 2.24) is 9.38 Å². The van der Waals surface area contributed by atoms with Gasteiger partial charge >= 0.3 is 0 Å². The fraction of sp³-hybridized carbons (Fsp3) is 0.125. The highest BCUT2D eigenvalue weighted by Gasteiger charge is 2.15. The van der Waals surface area contributed by atoms with Crippen LogP contribution in [-0.2, 0) is 0 Å². The third kappa shape index (κ3) is 2.33. The van der Waals surface area contributed by atoms with E-state index in [1.54, 1.807) is 23.8 Å². The molecule has 0 saturated heterocycles. The molecule has 0 N–H and O–H groups in total. The van der Waals surface area contributed by atoms with E-state index in [4.69, 9.17) is 9.47 Å². The van der Waals surface area contributed by atoms with E-state index in [-0.39, 0.29) is 5.88 Å². The predicted octanol–water partition coefficient (Wildman–Crippen LogP) is 3.26. The van der Waals surface area contributed by atoms with Gasteiger partial charge in [-0.15, -0.1) is 0 Å². The molecular weight excluding hydrogens is 268 g/mol. The van der Waals surface area contributed by atoms with Crippen LogP contribution in [0.5, 0.6) is 17.4 Å². The molecule has 0 fully saturated rings. The minimum atomic E-state index is 0.262. The summed E-state index contributed by atoms with van der Waals surface area (Å²) in [6.07, 6.45) is 2.50. The second-order valence-corrected chi connectivity index (χ2v) is 4.61. The Labute approximate surface area is 121 Å². The zero-order valence-corrected chi connectivity index (χ0v) is 11.7. The van der Waals surface area contributed by atoms with Gasteiger partial charge in [0.25, 0.3) is 0 Å². The Morgan fingerprint density at radius 1 is 1.19 bits per heavy atom. The molecule has 0 aliphatic rings. The quantitative estimate of drug-likeness (QED) is 0.689. The van der Waals surface area contributed by atoms with Crippen molar-refractivity contribution in [3.63, 3.8) is 0 Å². The van der Waals surface area contributed by atoms with Crippen LogP contribution in [0.2, 0.25) is 0 Å². The molecule has 0 aliphatic carbocycles. The first-order valence-electron chi connectivity index (χ1n) is 6.47. The fourth-order valence-electron chi connectivity index (χ4n) is 2.14. The highest BCUT2D eigenvalue weighted by Crippen LogP contribution is 2.33. The molecule has 21 heavy (non-hydrogen) atoms. The summed E-state index contributed by atoms with van der Waals surface area (Å²) < 4.78 is 12.8. The lowest BCUT2D eigenvalue weighted by molar-refractivity contribution is 0.111. The molecule has 1 aromatic carbocycles. The van der Waals surface area contributed by atoms with E-state index in [9.17, 15) is 4.79 Å². The number of aromatic nitrogens is 2. The normalized spacial score (nSPS) is 10.6. The molecule has 0 aliphatic heterocycles. The number of hydrogen-bond acceptors (Lipinski definition) is 4. The maximum Gasteiger partial charge on any atom is 0.249 e. The first kappa shape index (κ1) is 13.2. The van der Waals surface area contributed by atoms with Crippen molar-refractivity contribution in [2.45, 2.75) is 6.92 Å². The number of nitrogens with zero attached hydrogens (tertiary/aromatic N) is 2. The van der Waals surface area contributed by atoms with Gasteiger partial charge in [-0.1, -0.05) is 12.1 Å². The van der Waals surface area contributed by atoms with Crippen LogP contribution in [0.1, 0.15) is 16.1 Å². The molecular formula is C16H14N2O3. The van der Waals surface area contributed by atoms with Gasteiger partial charge in [-0.2, -0.15) is 4.98 Å². The van der Waals surface area contributed by atoms with Crippen LogP contribution in [0.4, 0.5) is 0 Å². The Morgan fingerprint density at radius 3 is 2.81 bits per heavy atom. The number of rotatable bonds is 4. The number of imidazole rings is 1. The van der Waals surface area contributed by atoms with Crippen LogP contribution in [-0.4, -0.2) is 22.8 Å². The van der Waals surface area contributed by atoms with E-state index in [0.29, 0.717) is 22.8 Å². The lowest BCUT2D eigenvalue weighted by Gasteiger charge is -2.09. The Kier molecular flexibility index (Phi) is 3.31. The van der Waals surface area contributed by atoms with Gasteiger partial charge in [-0.25, -0.2) is 0 Å². The summed E-state index contributed by atoms with van der Waals surface area (Å²) in [5.74, 6) is 1.39. The summed E-state index contributed by atoms with van der Waals surface area (Å²) in [5.41, 5.74) is 2.08. The van der Waals surface area contributed by atoms with Crippen LogP contribution in [0, 0.1) is 6.92 Å². The summed E-state index contributed by atoms with van der Waals surface area (Å²) in [5, 5.41) is 0. The molecule has 0 atom stereocenters. The molecule has 2 heterocycles. The van der Waals surface area contributed by atoms with Gasteiger partial charge in [-0.3, -0.25) is 9.20 Å². The number of pyridine rings is 1. The molecule has 5 nitrogen and oxygen atoms in total. The second kappa shape index (κ2) is 5.28. The van der Waals surface area contributed by atoms with Gasteiger partial charge in [-0.05, 0) is 36.8 Å². The summed E-state index contributed by atoms with van der Waals surface area (Å²) in [6.45, 7) is 1.97. The standard InChI is InChI=1S/C16H14N2O3/c1-11-6-7-13(14(9-11)20-2)21-16-12(10-19)18-8-4-3-5-15(18)17-16/h3-10H,1-2H3. The summed E-state index contributed by atoms with van der Waals surface area (Å²) >= 11 is 0. The van der Waals surface area contributed by atoms with E-state index >= 15 is 0 Å². The number of fused-ring (bicyclic) bond motifs is 1. The minimum absolute atomic E-state index is 0.262. The van der Waals surface area contributed by atoms with Crippen molar-refractivity contribution in [2.24, 2.45) is 0 Å². The Morgan fingerprint density at radius 2 is 2.05 bits per heavy atom. The maximum absolute atomic E-state index is 11.3. The number of benzene rings is 1. The van der Waals surface area contributed by atoms with Crippen molar-refractivity contribution in [3.8, 4) is 17.4 Å². The lowest BCUT2D eigenvalue weighted by atomic mass is 10.2. The van der Waals surface area contributed by atoms with Gasteiger partial charge in [0.15, 0.2) is 23.5 Å². The number of carbonyl (C=O) groups excluding carboxylic acids is 1. The maximum atomic E-state index is 11.3. The number of aryl methyl sites for hydroxylation is 1. The largest absolute Gasteiger partial charge is 0.493 e. The van der Waals surface area contributed by atoms with E-state index in [2.05, 4.69) is 4.98 Å². The fourth-order valence-corrected chi connectivity index (χ4v) is 2.14. The van der Waals surface area contributed by atoms with Crippen LogP contribution < -0.4 is 9.47 Å². The van der Waals surface area contributed by atoms with Gasteiger partial charge < -0.3 is 9.47 Å². The first-order valence-corrected chi connectivity index (χ1v) is 6.47. The van der Waals surface area contributed by atoms with Crippen molar-refractivity contribution in [2.75, 3.05) is 7.11 Å². The third-order valence-corrected chi connectivity index (χ3v) is 3.17. The number of ether oxygens (including phenoxy) is 2. The zero-order valence-electron chi connectivity index (χ0n) is 11.7. The molecule has 0 amide bonds. The lowest BCUT2D eigenvalue weighted by Crippen LogP contribution is -1.95. The third-order valence-electron chi connectivity index (χ3n) is 3.17. The second-order valence-electron chi connectivity index (χ2n) is 4.61. The van der Waals surface area contributed by atoms with Crippen LogP contribution in [0.3, 0.4) is 0 Å². The molecule has 106 valence electrons. The Balaban J connectivity index is 2.08. The van der Waals surface area contributed by atoms with Crippen molar-refractivity contribution in [3.05, 3.63) is 53.9 Å². The van der Waals surface area contributed by atoms with Gasteiger partial charge in [0.2, 0.25) is 5.88 Å². The molecule has 0 radical (unpaired) electrons. The number of aldehydes is 1. The monoisotopic (exact) mass is 282 g/mol. The Bertz CT molecular complexity index is 808. The first-order chi connectivity index (χ1) is 10.2. The summed E-state index contributed by atoms with van der Waals surface area (Å²) in [7, 11) is 1.58. The van der Waals surface area contributed by atoms with E-state index in [0.717, 1.165) is 11.8 Å². The predicted molar refractivity (Wildman–Crippen MR) is 78.4 cm³/mol. The molecule has 0 spiro atoms. The molecule has 0 unspecified atom stereocenters. The average molecular weight is 282 g/mol. The topological polar surface area (TPSA) is 52.8 Å². The highest BCUT2D eigenvalue weighted by molar-refractivity contribution is 5.78. The zero-order chi connectivity index (χ0) is 14.8. The van der Waals surface area contributed by atoms with Crippen molar-refractivity contribution >= 4 is 11.9 Å². The smallest absolute Gasteiger partial charge is 0.249 e. The molecule has 2 aromatic heterocycles.